The predicted octanol–water partition coefficient (Wildman–Crippen LogP) is 5.47. The summed E-state index contributed by atoms with van der Waals surface area (Å²) < 4.78 is 39.2. The van der Waals surface area contributed by atoms with Gasteiger partial charge in [-0.1, -0.05) is 0 Å². The highest BCUT2D eigenvalue weighted by Crippen LogP contribution is 2.61. The summed E-state index contributed by atoms with van der Waals surface area (Å²) in [5, 5.41) is 0.413. The third-order valence-electron chi connectivity index (χ3n) is 6.85. The maximum absolute atomic E-state index is 13.1. The van der Waals surface area contributed by atoms with Gasteiger partial charge in [0.05, 0.1) is 5.56 Å². The fourth-order valence-corrected chi connectivity index (χ4v) is 6.35. The first-order chi connectivity index (χ1) is 11.9. The molecule has 2 aromatic rings. The number of hydrogen-bond acceptors (Lipinski definition) is 1. The SMILES string of the molecule is O=Cc1c(C23CC4CC(CC(C4)C2)C3)[nH]c2ccc(C(F)(F)F)cc12. The van der Waals surface area contributed by atoms with Crippen molar-refractivity contribution in [2.45, 2.75) is 50.1 Å². The van der Waals surface area contributed by atoms with Crippen LogP contribution in [0, 0.1) is 17.8 Å². The Morgan fingerprint density at radius 1 is 1.04 bits per heavy atom. The number of H-pyrrole nitrogens is 1. The maximum Gasteiger partial charge on any atom is 0.416 e. The minimum atomic E-state index is -4.40. The van der Waals surface area contributed by atoms with Crippen molar-refractivity contribution in [3.63, 3.8) is 0 Å². The summed E-state index contributed by atoms with van der Waals surface area (Å²) in [6.07, 6.45) is 3.42. The number of rotatable bonds is 2. The number of aromatic nitrogens is 1. The third kappa shape index (κ3) is 2.20. The molecule has 4 bridgehead atoms. The number of aldehydes is 1. The number of aromatic amines is 1. The molecule has 4 aliphatic carbocycles. The average molecular weight is 347 g/mol. The standard InChI is InChI=1S/C20H20F3NO/c21-20(22,23)14-1-2-17-15(6-14)16(10-25)18(24-17)19-7-11-3-12(8-19)5-13(4-11)9-19/h1-2,6,10-13,24H,3-5,7-9H2. The Bertz CT molecular complexity index is 828. The van der Waals surface area contributed by atoms with Crippen molar-refractivity contribution in [1.29, 1.82) is 0 Å². The lowest BCUT2D eigenvalue weighted by Gasteiger charge is -2.56. The topological polar surface area (TPSA) is 32.9 Å². The molecule has 0 saturated heterocycles. The number of halogens is 3. The second-order valence-electron chi connectivity index (χ2n) is 8.49. The van der Waals surface area contributed by atoms with E-state index in [1.807, 2.05) is 0 Å². The molecular formula is C20H20F3NO. The van der Waals surface area contributed by atoms with E-state index in [-0.39, 0.29) is 5.41 Å². The van der Waals surface area contributed by atoms with Crippen molar-refractivity contribution < 1.29 is 18.0 Å². The van der Waals surface area contributed by atoms with Crippen LogP contribution < -0.4 is 0 Å². The van der Waals surface area contributed by atoms with Crippen LogP contribution in [0.4, 0.5) is 13.2 Å². The highest BCUT2D eigenvalue weighted by atomic mass is 19.4. The van der Waals surface area contributed by atoms with E-state index in [2.05, 4.69) is 4.98 Å². The molecule has 132 valence electrons. The predicted molar refractivity (Wildman–Crippen MR) is 88.5 cm³/mol. The van der Waals surface area contributed by atoms with Crippen molar-refractivity contribution in [2.24, 2.45) is 17.8 Å². The minimum absolute atomic E-state index is 0.0393. The zero-order valence-electron chi connectivity index (χ0n) is 13.8. The van der Waals surface area contributed by atoms with Gasteiger partial charge in [-0.05, 0) is 74.5 Å². The van der Waals surface area contributed by atoms with E-state index in [1.54, 1.807) is 0 Å². The number of alkyl halides is 3. The van der Waals surface area contributed by atoms with E-state index in [9.17, 15) is 18.0 Å². The van der Waals surface area contributed by atoms with Crippen molar-refractivity contribution in [1.82, 2.24) is 4.98 Å². The molecule has 0 aliphatic heterocycles. The van der Waals surface area contributed by atoms with Crippen LogP contribution in [0.1, 0.15) is 60.1 Å². The Balaban J connectivity index is 1.68. The molecule has 2 nitrogen and oxygen atoms in total. The van der Waals surface area contributed by atoms with E-state index in [0.717, 1.165) is 43.4 Å². The molecule has 4 aliphatic rings. The molecule has 0 unspecified atom stereocenters. The van der Waals surface area contributed by atoms with Gasteiger partial charge in [-0.2, -0.15) is 13.2 Å². The summed E-state index contributed by atoms with van der Waals surface area (Å²) in [7, 11) is 0. The van der Waals surface area contributed by atoms with Gasteiger partial charge < -0.3 is 4.98 Å². The molecule has 1 aromatic heterocycles. The Kier molecular flexibility index (Phi) is 3.03. The summed E-state index contributed by atoms with van der Waals surface area (Å²) in [6.45, 7) is 0. The van der Waals surface area contributed by atoms with Gasteiger partial charge in [0.1, 0.15) is 0 Å². The second-order valence-corrected chi connectivity index (χ2v) is 8.49. The van der Waals surface area contributed by atoms with Gasteiger partial charge in [-0.3, -0.25) is 4.79 Å². The van der Waals surface area contributed by atoms with Crippen molar-refractivity contribution in [2.75, 3.05) is 0 Å². The first-order valence-corrected chi connectivity index (χ1v) is 9.06. The largest absolute Gasteiger partial charge is 0.416 e. The fraction of sp³-hybridized carbons (Fsp3) is 0.550. The lowest BCUT2D eigenvalue weighted by molar-refractivity contribution is -0.137. The Labute approximate surface area is 143 Å². The van der Waals surface area contributed by atoms with Crippen LogP contribution in [-0.2, 0) is 11.6 Å². The fourth-order valence-electron chi connectivity index (χ4n) is 6.35. The molecule has 1 heterocycles. The van der Waals surface area contributed by atoms with E-state index in [0.29, 0.717) is 34.2 Å². The summed E-state index contributed by atoms with van der Waals surface area (Å²) in [6, 6.07) is 3.69. The number of nitrogens with one attached hydrogen (secondary N) is 1. The molecule has 5 heteroatoms. The van der Waals surface area contributed by atoms with Crippen LogP contribution in [0.15, 0.2) is 18.2 Å². The number of benzene rings is 1. The molecular weight excluding hydrogens is 327 g/mol. The van der Waals surface area contributed by atoms with E-state index >= 15 is 0 Å². The average Bonchev–Trinajstić information content (AvgIpc) is 2.91. The van der Waals surface area contributed by atoms with Gasteiger partial charge >= 0.3 is 6.18 Å². The van der Waals surface area contributed by atoms with Crippen LogP contribution in [0.3, 0.4) is 0 Å². The molecule has 0 amide bonds. The molecule has 25 heavy (non-hydrogen) atoms. The first kappa shape index (κ1) is 15.5. The normalized spacial score (nSPS) is 34.0. The van der Waals surface area contributed by atoms with E-state index in [4.69, 9.17) is 0 Å². The van der Waals surface area contributed by atoms with Crippen LogP contribution in [0.25, 0.3) is 10.9 Å². The third-order valence-corrected chi connectivity index (χ3v) is 6.85. The highest BCUT2D eigenvalue weighted by Gasteiger charge is 2.53. The lowest BCUT2D eigenvalue weighted by atomic mass is 9.48. The van der Waals surface area contributed by atoms with Gasteiger partial charge in [0, 0.05) is 27.6 Å². The summed E-state index contributed by atoms with van der Waals surface area (Å²) in [5.41, 5.74) is 1.25. The van der Waals surface area contributed by atoms with E-state index in [1.165, 1.54) is 25.3 Å². The molecule has 4 fully saturated rings. The molecule has 0 spiro atoms. The molecule has 4 saturated carbocycles. The highest BCUT2D eigenvalue weighted by molar-refractivity contribution is 5.99. The van der Waals surface area contributed by atoms with Crippen molar-refractivity contribution in [3.8, 4) is 0 Å². The summed E-state index contributed by atoms with van der Waals surface area (Å²) in [4.78, 5) is 15.2. The number of hydrogen-bond donors (Lipinski definition) is 1. The molecule has 0 atom stereocenters. The Morgan fingerprint density at radius 2 is 1.64 bits per heavy atom. The zero-order chi connectivity index (χ0) is 17.4. The second kappa shape index (κ2) is 4.89. The van der Waals surface area contributed by atoms with Crippen LogP contribution in [0.2, 0.25) is 0 Å². The van der Waals surface area contributed by atoms with E-state index < -0.39 is 11.7 Å². The Morgan fingerprint density at radius 3 is 2.16 bits per heavy atom. The van der Waals surface area contributed by atoms with Gasteiger partial charge in [0.2, 0.25) is 0 Å². The van der Waals surface area contributed by atoms with Crippen LogP contribution >= 0.6 is 0 Å². The number of carbonyl (C=O) groups is 1. The van der Waals surface area contributed by atoms with Crippen molar-refractivity contribution in [3.05, 3.63) is 35.0 Å². The summed E-state index contributed by atoms with van der Waals surface area (Å²) >= 11 is 0. The minimum Gasteiger partial charge on any atom is -0.357 e. The lowest BCUT2D eigenvalue weighted by Crippen LogP contribution is -2.49. The molecule has 0 radical (unpaired) electrons. The number of carbonyl (C=O) groups excluding carboxylic acids is 1. The van der Waals surface area contributed by atoms with Crippen LogP contribution in [0.5, 0.6) is 0 Å². The monoisotopic (exact) mass is 347 g/mol. The van der Waals surface area contributed by atoms with Gasteiger partial charge in [0.25, 0.3) is 0 Å². The summed E-state index contributed by atoms with van der Waals surface area (Å²) in [5.74, 6) is 2.13. The first-order valence-electron chi connectivity index (χ1n) is 9.06. The van der Waals surface area contributed by atoms with Gasteiger partial charge in [0.15, 0.2) is 6.29 Å². The molecule has 1 N–H and O–H groups in total. The van der Waals surface area contributed by atoms with Crippen molar-refractivity contribution >= 4 is 17.2 Å². The van der Waals surface area contributed by atoms with Gasteiger partial charge in [-0.25, -0.2) is 0 Å². The molecule has 1 aromatic carbocycles. The quantitative estimate of drug-likeness (QED) is 0.718. The smallest absolute Gasteiger partial charge is 0.357 e. The molecule has 6 rings (SSSR count). The van der Waals surface area contributed by atoms with Crippen LogP contribution in [-0.4, -0.2) is 11.3 Å². The zero-order valence-corrected chi connectivity index (χ0v) is 13.8. The number of fused-ring (bicyclic) bond motifs is 1. The maximum atomic E-state index is 13.1. The Hall–Kier alpha value is -1.78. The van der Waals surface area contributed by atoms with Gasteiger partial charge in [-0.15, -0.1) is 0 Å².